The van der Waals surface area contributed by atoms with E-state index in [-0.39, 0.29) is 0 Å². The fourth-order valence-corrected chi connectivity index (χ4v) is 4.64. The Labute approximate surface area is 119 Å². The molecule has 0 spiro atoms. The van der Waals surface area contributed by atoms with Crippen molar-refractivity contribution in [2.75, 3.05) is 25.9 Å². The summed E-state index contributed by atoms with van der Waals surface area (Å²) in [6.07, 6.45) is 1.28. The van der Waals surface area contributed by atoms with Crippen molar-refractivity contribution in [2.45, 2.75) is 38.6 Å². The normalized spacial score (nSPS) is 15.4. The van der Waals surface area contributed by atoms with Gasteiger partial charge in [0.05, 0.1) is 0 Å². The van der Waals surface area contributed by atoms with Crippen LogP contribution in [-0.4, -0.2) is 36.8 Å². The van der Waals surface area contributed by atoms with Gasteiger partial charge in [-0.2, -0.15) is 11.8 Å². The SMILES string of the molecule is CC(C)NCCN(C)Cc1cc2c(s1)CCSC2. The Morgan fingerprint density at radius 1 is 1.44 bits per heavy atom. The summed E-state index contributed by atoms with van der Waals surface area (Å²) in [5.41, 5.74) is 1.60. The van der Waals surface area contributed by atoms with Gasteiger partial charge in [-0.3, -0.25) is 0 Å². The first-order valence-corrected chi connectivity index (χ1v) is 8.72. The first-order valence-electron chi connectivity index (χ1n) is 6.75. The number of aryl methyl sites for hydroxylation is 1. The number of hydrogen-bond acceptors (Lipinski definition) is 4. The Balaban J connectivity index is 1.79. The van der Waals surface area contributed by atoms with Gasteiger partial charge < -0.3 is 10.2 Å². The molecule has 0 bridgehead atoms. The van der Waals surface area contributed by atoms with Gasteiger partial charge in [-0.05, 0) is 30.9 Å². The molecule has 0 saturated heterocycles. The average molecular weight is 284 g/mol. The van der Waals surface area contributed by atoms with Crippen molar-refractivity contribution in [2.24, 2.45) is 0 Å². The van der Waals surface area contributed by atoms with Crippen molar-refractivity contribution < 1.29 is 0 Å². The highest BCUT2D eigenvalue weighted by molar-refractivity contribution is 7.98. The van der Waals surface area contributed by atoms with Crippen LogP contribution in [0.2, 0.25) is 0 Å². The van der Waals surface area contributed by atoms with E-state index < -0.39 is 0 Å². The molecule has 0 atom stereocenters. The molecule has 0 radical (unpaired) electrons. The highest BCUT2D eigenvalue weighted by atomic mass is 32.2. The molecule has 0 amide bonds. The van der Waals surface area contributed by atoms with E-state index in [4.69, 9.17) is 0 Å². The van der Waals surface area contributed by atoms with Crippen molar-refractivity contribution in [3.63, 3.8) is 0 Å². The molecule has 0 aromatic carbocycles. The number of hydrogen-bond donors (Lipinski definition) is 1. The summed E-state index contributed by atoms with van der Waals surface area (Å²) in [4.78, 5) is 5.59. The van der Waals surface area contributed by atoms with Gasteiger partial charge in [0.25, 0.3) is 0 Å². The summed E-state index contributed by atoms with van der Waals surface area (Å²) in [6, 6.07) is 3.02. The highest BCUT2D eigenvalue weighted by Crippen LogP contribution is 2.32. The number of nitrogens with one attached hydrogen (secondary N) is 1. The molecule has 0 saturated carbocycles. The van der Waals surface area contributed by atoms with Gasteiger partial charge in [0, 0.05) is 41.2 Å². The molecule has 102 valence electrons. The van der Waals surface area contributed by atoms with Crippen LogP contribution in [0.1, 0.15) is 29.2 Å². The molecular weight excluding hydrogens is 260 g/mol. The van der Waals surface area contributed by atoms with Gasteiger partial charge in [-0.1, -0.05) is 13.8 Å². The van der Waals surface area contributed by atoms with E-state index in [1.807, 2.05) is 11.3 Å². The van der Waals surface area contributed by atoms with Crippen LogP contribution in [-0.2, 0) is 18.7 Å². The van der Waals surface area contributed by atoms with Gasteiger partial charge in [-0.15, -0.1) is 11.3 Å². The predicted molar refractivity (Wildman–Crippen MR) is 83.7 cm³/mol. The maximum atomic E-state index is 3.47. The first kappa shape index (κ1) is 14.4. The molecule has 1 aliphatic heterocycles. The Morgan fingerprint density at radius 3 is 3.00 bits per heavy atom. The first-order chi connectivity index (χ1) is 8.65. The third-order valence-corrected chi connectivity index (χ3v) is 5.38. The van der Waals surface area contributed by atoms with Gasteiger partial charge >= 0.3 is 0 Å². The monoisotopic (exact) mass is 284 g/mol. The fourth-order valence-electron chi connectivity index (χ4n) is 2.18. The predicted octanol–water partition coefficient (Wildman–Crippen LogP) is 2.97. The lowest BCUT2D eigenvalue weighted by molar-refractivity contribution is 0.322. The minimum Gasteiger partial charge on any atom is -0.313 e. The molecule has 1 aromatic heterocycles. The van der Waals surface area contributed by atoms with Crippen molar-refractivity contribution in [3.05, 3.63) is 21.4 Å². The van der Waals surface area contributed by atoms with Crippen LogP contribution < -0.4 is 5.32 Å². The maximum absolute atomic E-state index is 3.47. The van der Waals surface area contributed by atoms with Crippen LogP contribution in [0, 0.1) is 0 Å². The highest BCUT2D eigenvalue weighted by Gasteiger charge is 2.14. The van der Waals surface area contributed by atoms with E-state index in [0.29, 0.717) is 6.04 Å². The molecule has 18 heavy (non-hydrogen) atoms. The molecule has 2 rings (SSSR count). The molecule has 1 aromatic rings. The lowest BCUT2D eigenvalue weighted by atomic mass is 10.2. The van der Waals surface area contributed by atoms with Crippen LogP contribution in [0.3, 0.4) is 0 Å². The van der Waals surface area contributed by atoms with Crippen LogP contribution in [0.5, 0.6) is 0 Å². The van der Waals surface area contributed by atoms with Gasteiger partial charge in [0.15, 0.2) is 0 Å². The number of fused-ring (bicyclic) bond motifs is 1. The van der Waals surface area contributed by atoms with Gasteiger partial charge in [-0.25, -0.2) is 0 Å². The summed E-state index contributed by atoms with van der Waals surface area (Å²) in [5.74, 6) is 2.53. The molecular formula is C14H24N2S2. The average Bonchev–Trinajstić information content (AvgIpc) is 2.70. The molecule has 4 heteroatoms. The lowest BCUT2D eigenvalue weighted by Gasteiger charge is -2.17. The lowest BCUT2D eigenvalue weighted by Crippen LogP contribution is -2.32. The van der Waals surface area contributed by atoms with Crippen molar-refractivity contribution >= 4 is 23.1 Å². The second kappa shape index (κ2) is 6.94. The van der Waals surface area contributed by atoms with Crippen molar-refractivity contribution in [1.82, 2.24) is 10.2 Å². The third kappa shape index (κ3) is 4.26. The van der Waals surface area contributed by atoms with Gasteiger partial charge in [0.2, 0.25) is 0 Å². The summed E-state index contributed by atoms with van der Waals surface area (Å²) >= 11 is 4.10. The molecule has 0 unspecified atom stereocenters. The van der Waals surface area contributed by atoms with Crippen LogP contribution in [0.15, 0.2) is 6.07 Å². The largest absolute Gasteiger partial charge is 0.313 e. The molecule has 1 aliphatic rings. The van der Waals surface area contributed by atoms with Crippen LogP contribution in [0.25, 0.3) is 0 Å². The Bertz CT molecular complexity index is 350. The van der Waals surface area contributed by atoms with E-state index in [9.17, 15) is 0 Å². The van der Waals surface area contributed by atoms with Crippen LogP contribution >= 0.6 is 23.1 Å². The van der Waals surface area contributed by atoms with E-state index in [1.165, 1.54) is 22.8 Å². The number of rotatable bonds is 6. The molecule has 2 heterocycles. The quantitative estimate of drug-likeness (QED) is 0.864. The topological polar surface area (TPSA) is 15.3 Å². The summed E-state index contributed by atoms with van der Waals surface area (Å²) in [6.45, 7) is 7.70. The smallest absolute Gasteiger partial charge is 0.0325 e. The zero-order valence-corrected chi connectivity index (χ0v) is 13.3. The Morgan fingerprint density at radius 2 is 2.28 bits per heavy atom. The van der Waals surface area contributed by atoms with Crippen molar-refractivity contribution in [3.8, 4) is 0 Å². The zero-order valence-electron chi connectivity index (χ0n) is 11.7. The standard InChI is InChI=1S/C14H24N2S2/c1-11(2)15-5-6-16(3)9-13-8-12-10-17-7-4-14(12)18-13/h8,11,15H,4-7,9-10H2,1-3H3. The number of thiophene rings is 1. The van der Waals surface area contributed by atoms with Gasteiger partial charge in [0.1, 0.15) is 0 Å². The number of likely N-dealkylation sites (N-methyl/N-ethyl adjacent to an activating group) is 1. The number of thioether (sulfide) groups is 1. The Hall–Kier alpha value is -0.0300. The Kier molecular flexibility index (Phi) is 5.55. The molecule has 0 aliphatic carbocycles. The van der Waals surface area contributed by atoms with Crippen molar-refractivity contribution in [1.29, 1.82) is 0 Å². The minimum absolute atomic E-state index is 0.587. The van der Waals surface area contributed by atoms with E-state index in [2.05, 4.69) is 48.9 Å². The second-order valence-corrected chi connectivity index (χ2v) is 7.64. The fraction of sp³-hybridized carbons (Fsp3) is 0.714. The van der Waals surface area contributed by atoms with Crippen LogP contribution in [0.4, 0.5) is 0 Å². The van der Waals surface area contributed by atoms with E-state index >= 15 is 0 Å². The summed E-state index contributed by atoms with van der Waals surface area (Å²) in [5, 5.41) is 3.47. The molecule has 2 nitrogen and oxygen atoms in total. The molecule has 0 fully saturated rings. The molecule has 1 N–H and O–H groups in total. The van der Waals surface area contributed by atoms with E-state index in [0.717, 1.165) is 19.6 Å². The minimum atomic E-state index is 0.587. The summed E-state index contributed by atoms with van der Waals surface area (Å²) in [7, 11) is 2.22. The van der Waals surface area contributed by atoms with E-state index in [1.54, 1.807) is 10.4 Å². The summed E-state index contributed by atoms with van der Waals surface area (Å²) < 4.78 is 0. The second-order valence-electron chi connectivity index (χ2n) is 5.31. The third-order valence-electron chi connectivity index (χ3n) is 3.15. The number of nitrogens with zero attached hydrogens (tertiary/aromatic N) is 1. The maximum Gasteiger partial charge on any atom is 0.0325 e. The zero-order chi connectivity index (χ0) is 13.0.